The Balaban J connectivity index is -0.000000148. The maximum atomic E-state index is 11.3. The average molecular weight is 386 g/mol. The van der Waals surface area contributed by atoms with Crippen molar-refractivity contribution in [2.45, 2.75) is 33.6 Å². The lowest BCUT2D eigenvalue weighted by atomic mass is 9.99. The summed E-state index contributed by atoms with van der Waals surface area (Å²) in [7, 11) is 2.05. The highest BCUT2D eigenvalue weighted by Crippen LogP contribution is 2.16. The van der Waals surface area contributed by atoms with Gasteiger partial charge in [-0.15, -0.1) is 24.1 Å². The summed E-state index contributed by atoms with van der Waals surface area (Å²) >= 11 is 1.71. The summed E-state index contributed by atoms with van der Waals surface area (Å²) in [5.74, 6) is 2.34. The molecule has 5 nitrogen and oxygen atoms in total. The Bertz CT molecular complexity index is 403. The molecule has 1 saturated heterocycles. The topological polar surface area (TPSA) is 63.7 Å². The smallest absolute Gasteiger partial charge is 0.310 e. The highest BCUT2D eigenvalue weighted by Gasteiger charge is 2.24. The van der Waals surface area contributed by atoms with Gasteiger partial charge in [0.1, 0.15) is 13.6 Å². The van der Waals surface area contributed by atoms with Gasteiger partial charge in [-0.05, 0) is 53.5 Å². The summed E-state index contributed by atoms with van der Waals surface area (Å²) in [5, 5.41) is 0. The molecule has 0 amide bonds. The fraction of sp³-hybridized carbons (Fsp3) is 0.550. The number of esters is 1. The summed E-state index contributed by atoms with van der Waals surface area (Å²) < 4.78 is 4.96. The van der Waals surface area contributed by atoms with Crippen molar-refractivity contribution in [1.82, 2.24) is 4.90 Å². The standard InChI is InChI=1S/C9H17NO2.C6H10S.C3H4.2CH2O/c1-3-12-9(11)8-5-4-6-10(2)7-8;1-4-6(5-2)7-3;1-3-2;2*1-2/h8H,3-7H2,1-2H3;4-5H,1H2,2-3H3;1H,2H3;2*1H2/b;6-5-;;;/t8-;;;;/m0..../s1. The van der Waals surface area contributed by atoms with Gasteiger partial charge >= 0.3 is 5.97 Å². The van der Waals surface area contributed by atoms with Crippen molar-refractivity contribution in [3.63, 3.8) is 0 Å². The average Bonchev–Trinajstić information content (AvgIpc) is 2.68. The lowest BCUT2D eigenvalue weighted by Crippen LogP contribution is -2.36. The molecule has 0 radical (unpaired) electrons. The molecule has 150 valence electrons. The van der Waals surface area contributed by atoms with Gasteiger partial charge in [0.2, 0.25) is 0 Å². The number of hydrogen-bond donors (Lipinski definition) is 0. The van der Waals surface area contributed by atoms with Crippen molar-refractivity contribution < 1.29 is 19.1 Å². The van der Waals surface area contributed by atoms with Gasteiger partial charge in [-0.3, -0.25) is 4.79 Å². The van der Waals surface area contributed by atoms with Gasteiger partial charge < -0.3 is 19.2 Å². The molecule has 1 rings (SSSR count). The summed E-state index contributed by atoms with van der Waals surface area (Å²) in [4.78, 5) is 30.7. The third-order valence-corrected chi connectivity index (χ3v) is 3.84. The Labute approximate surface area is 164 Å². The van der Waals surface area contributed by atoms with Crippen LogP contribution in [0.3, 0.4) is 0 Å². The fourth-order valence-electron chi connectivity index (χ4n) is 1.94. The number of thioether (sulfide) groups is 1. The zero-order valence-electron chi connectivity index (χ0n) is 17.0. The van der Waals surface area contributed by atoms with Crippen molar-refractivity contribution in [2.75, 3.05) is 33.0 Å². The van der Waals surface area contributed by atoms with E-state index < -0.39 is 0 Å². The molecule has 0 aromatic heterocycles. The van der Waals surface area contributed by atoms with E-state index in [9.17, 15) is 4.79 Å². The molecule has 0 saturated carbocycles. The summed E-state index contributed by atoms with van der Waals surface area (Å²) in [6.07, 6.45) is 12.6. The van der Waals surface area contributed by atoms with E-state index in [4.69, 9.17) is 14.3 Å². The van der Waals surface area contributed by atoms with Crippen LogP contribution in [-0.4, -0.2) is 57.4 Å². The third kappa shape index (κ3) is 22.2. The second-order valence-corrected chi connectivity index (χ2v) is 5.62. The van der Waals surface area contributed by atoms with Crippen LogP contribution in [0.2, 0.25) is 0 Å². The third-order valence-electron chi connectivity index (χ3n) is 2.97. The molecule has 0 spiro atoms. The van der Waals surface area contributed by atoms with Gasteiger partial charge in [0.15, 0.2) is 0 Å². The molecule has 1 atom stereocenters. The van der Waals surface area contributed by atoms with E-state index in [1.165, 1.54) is 4.91 Å². The number of allylic oxidation sites excluding steroid dienone is 2. The second kappa shape index (κ2) is 28.0. The van der Waals surface area contributed by atoms with Gasteiger partial charge in [-0.2, -0.15) is 0 Å². The van der Waals surface area contributed by atoms with Crippen LogP contribution in [0, 0.1) is 18.3 Å². The molecule has 1 heterocycles. The van der Waals surface area contributed by atoms with Crippen molar-refractivity contribution in [1.29, 1.82) is 0 Å². The number of carbonyl (C=O) groups is 3. The Morgan fingerprint density at radius 1 is 1.38 bits per heavy atom. The van der Waals surface area contributed by atoms with Crippen molar-refractivity contribution >= 4 is 31.3 Å². The van der Waals surface area contributed by atoms with Crippen LogP contribution in [0.4, 0.5) is 0 Å². The molecular weight excluding hydrogens is 350 g/mol. The predicted molar refractivity (Wildman–Crippen MR) is 113 cm³/mol. The predicted octanol–water partition coefficient (Wildman–Crippen LogP) is 3.60. The van der Waals surface area contributed by atoms with Crippen molar-refractivity contribution in [3.8, 4) is 12.3 Å². The maximum absolute atomic E-state index is 11.3. The first-order chi connectivity index (χ1) is 12.5. The maximum Gasteiger partial charge on any atom is 0.310 e. The normalized spacial score (nSPS) is 15.4. The number of hydrogen-bond acceptors (Lipinski definition) is 6. The van der Waals surface area contributed by atoms with E-state index in [1.54, 1.807) is 18.7 Å². The van der Waals surface area contributed by atoms with E-state index >= 15 is 0 Å². The molecule has 0 unspecified atom stereocenters. The van der Waals surface area contributed by atoms with E-state index in [1.807, 2.05) is 52.9 Å². The molecule has 0 aliphatic carbocycles. The number of carbonyl (C=O) groups excluding carboxylic acids is 3. The first-order valence-electron chi connectivity index (χ1n) is 8.13. The number of likely N-dealkylation sites (tertiary alicyclic amines) is 1. The molecule has 0 aromatic carbocycles. The van der Waals surface area contributed by atoms with Gasteiger partial charge in [0.05, 0.1) is 12.5 Å². The van der Waals surface area contributed by atoms with Gasteiger partial charge in [-0.1, -0.05) is 18.7 Å². The number of terminal acetylenes is 1. The van der Waals surface area contributed by atoms with Crippen LogP contribution in [0.25, 0.3) is 0 Å². The molecule has 1 aliphatic heterocycles. The molecule has 1 aliphatic rings. The van der Waals surface area contributed by atoms with Crippen LogP contribution in [0.5, 0.6) is 0 Å². The van der Waals surface area contributed by atoms with Gasteiger partial charge in [0.25, 0.3) is 0 Å². The highest BCUT2D eigenvalue weighted by atomic mass is 32.2. The molecule has 26 heavy (non-hydrogen) atoms. The molecule has 0 N–H and O–H groups in total. The van der Waals surface area contributed by atoms with Crippen molar-refractivity contribution in [2.24, 2.45) is 5.92 Å². The summed E-state index contributed by atoms with van der Waals surface area (Å²) in [6.45, 7) is 15.6. The fourth-order valence-corrected chi connectivity index (χ4v) is 2.34. The van der Waals surface area contributed by atoms with Crippen LogP contribution in [0.15, 0.2) is 23.6 Å². The minimum Gasteiger partial charge on any atom is -0.466 e. The lowest BCUT2D eigenvalue weighted by molar-refractivity contribution is -0.149. The number of rotatable bonds is 4. The van der Waals surface area contributed by atoms with Crippen LogP contribution in [0.1, 0.15) is 33.6 Å². The lowest BCUT2D eigenvalue weighted by Gasteiger charge is -2.27. The van der Waals surface area contributed by atoms with E-state index in [-0.39, 0.29) is 11.9 Å². The SMILES string of the molecule is C#CC.C=C/C(=C/C)SC.C=O.C=O.CCOC(=O)[C@H]1CCCN(C)C1. The van der Waals surface area contributed by atoms with Crippen LogP contribution < -0.4 is 0 Å². The second-order valence-electron chi connectivity index (χ2n) is 4.74. The minimum atomic E-state index is -0.0240. The number of piperidine rings is 1. The van der Waals surface area contributed by atoms with Gasteiger partial charge in [-0.25, -0.2) is 0 Å². The molecule has 0 bridgehead atoms. The van der Waals surface area contributed by atoms with Gasteiger partial charge in [0, 0.05) is 11.4 Å². The first-order valence-corrected chi connectivity index (χ1v) is 9.35. The van der Waals surface area contributed by atoms with Crippen molar-refractivity contribution in [3.05, 3.63) is 23.6 Å². The Hall–Kier alpha value is -1.84. The monoisotopic (exact) mass is 385 g/mol. The highest BCUT2D eigenvalue weighted by molar-refractivity contribution is 8.02. The Morgan fingerprint density at radius 2 is 1.88 bits per heavy atom. The number of ether oxygens (including phenoxy) is 1. The van der Waals surface area contributed by atoms with E-state index in [0.29, 0.717) is 6.61 Å². The van der Waals surface area contributed by atoms with E-state index in [0.717, 1.165) is 25.9 Å². The Kier molecular flexibility index (Phi) is 34.3. The number of nitrogens with zero attached hydrogens (tertiary/aromatic N) is 1. The first kappa shape index (κ1) is 31.9. The summed E-state index contributed by atoms with van der Waals surface area (Å²) in [6, 6.07) is 0. The molecule has 6 heteroatoms. The van der Waals surface area contributed by atoms with Crippen LogP contribution >= 0.6 is 11.8 Å². The zero-order valence-corrected chi connectivity index (χ0v) is 17.8. The summed E-state index contributed by atoms with van der Waals surface area (Å²) in [5.41, 5.74) is 0. The quantitative estimate of drug-likeness (QED) is 0.418. The Morgan fingerprint density at radius 3 is 2.15 bits per heavy atom. The molecular formula is C20H35NO4S. The minimum absolute atomic E-state index is 0.0240. The molecule has 0 aromatic rings. The van der Waals surface area contributed by atoms with E-state index in [2.05, 4.69) is 23.8 Å². The largest absolute Gasteiger partial charge is 0.466 e. The zero-order chi connectivity index (χ0) is 21.4. The van der Waals surface area contributed by atoms with Crippen LogP contribution in [-0.2, 0) is 19.1 Å². The molecule has 1 fully saturated rings.